The van der Waals surface area contributed by atoms with Gasteiger partial charge in [-0.25, -0.2) is 0 Å². The number of aliphatic hydroxyl groups is 2. The summed E-state index contributed by atoms with van der Waals surface area (Å²) in [6.07, 6.45) is 0. The third-order valence-corrected chi connectivity index (χ3v) is 4.68. The van der Waals surface area contributed by atoms with Crippen molar-refractivity contribution in [2.75, 3.05) is 19.8 Å². The van der Waals surface area contributed by atoms with Gasteiger partial charge in [-0.3, -0.25) is 4.90 Å². The number of hydrogen-bond acceptors (Lipinski definition) is 5. The second-order valence-electron chi connectivity index (χ2n) is 5.39. The Balaban J connectivity index is 1.72. The van der Waals surface area contributed by atoms with Gasteiger partial charge in [-0.2, -0.15) is 0 Å². The van der Waals surface area contributed by atoms with Gasteiger partial charge in [0.1, 0.15) is 19.0 Å². The number of aliphatic hydroxyl groups excluding tert-OH is 2. The predicted molar refractivity (Wildman–Crippen MR) is 90.3 cm³/mol. The number of benzene rings is 1. The van der Waals surface area contributed by atoms with Crippen LogP contribution in [0.4, 0.5) is 0 Å². The highest BCUT2D eigenvalue weighted by Gasteiger charge is 2.16. The molecule has 0 atom stereocenters. The molecule has 0 fully saturated rings. The van der Waals surface area contributed by atoms with E-state index >= 15 is 0 Å². The van der Waals surface area contributed by atoms with Crippen molar-refractivity contribution < 1.29 is 14.9 Å². The van der Waals surface area contributed by atoms with Gasteiger partial charge in [-0.1, -0.05) is 17.9 Å². The molecule has 2 heterocycles. The fourth-order valence-corrected chi connectivity index (χ4v) is 3.54. The van der Waals surface area contributed by atoms with Crippen LogP contribution in [0.5, 0.6) is 5.75 Å². The van der Waals surface area contributed by atoms with Crippen LogP contribution in [0.1, 0.15) is 20.9 Å². The molecule has 0 bridgehead atoms. The van der Waals surface area contributed by atoms with Gasteiger partial charge in [0.2, 0.25) is 0 Å². The summed E-state index contributed by atoms with van der Waals surface area (Å²) in [6.45, 7) is 3.11. The van der Waals surface area contributed by atoms with E-state index in [0.29, 0.717) is 6.61 Å². The molecule has 0 saturated heterocycles. The molecule has 1 aromatic heterocycles. The first-order valence-corrected chi connectivity index (χ1v) is 8.36. The summed E-state index contributed by atoms with van der Waals surface area (Å²) in [5, 5.41) is 18.1. The zero-order valence-corrected chi connectivity index (χ0v) is 13.6. The van der Waals surface area contributed by atoms with Crippen molar-refractivity contribution in [2.45, 2.75) is 19.7 Å². The number of rotatable bonds is 3. The SMILES string of the molecule is OCC#Cc1ccc(CN2CCOc3ccc(CO)cc3C2)s1. The van der Waals surface area contributed by atoms with Crippen molar-refractivity contribution in [3.8, 4) is 17.6 Å². The van der Waals surface area contributed by atoms with Crippen LogP contribution < -0.4 is 4.74 Å². The molecule has 0 saturated carbocycles. The van der Waals surface area contributed by atoms with E-state index in [9.17, 15) is 5.11 Å². The van der Waals surface area contributed by atoms with E-state index in [1.807, 2.05) is 24.3 Å². The smallest absolute Gasteiger partial charge is 0.123 e. The van der Waals surface area contributed by atoms with E-state index in [0.717, 1.165) is 41.4 Å². The van der Waals surface area contributed by atoms with E-state index in [4.69, 9.17) is 9.84 Å². The van der Waals surface area contributed by atoms with Crippen LogP contribution in [-0.2, 0) is 19.7 Å². The molecule has 4 nitrogen and oxygen atoms in total. The lowest BCUT2D eigenvalue weighted by molar-refractivity contribution is 0.221. The Bertz CT molecular complexity index is 729. The Labute approximate surface area is 140 Å². The van der Waals surface area contributed by atoms with Gasteiger partial charge in [0, 0.05) is 30.1 Å². The standard InChI is InChI=1S/C18H19NO3S/c20-8-1-2-16-4-5-17(23-16)12-19-7-9-22-18-6-3-14(13-21)10-15(18)11-19/h3-6,10,20-21H,7-9,11-13H2. The molecular formula is C18H19NO3S. The quantitative estimate of drug-likeness (QED) is 0.846. The number of fused-ring (bicyclic) bond motifs is 1. The van der Waals surface area contributed by atoms with Crippen molar-refractivity contribution in [3.63, 3.8) is 0 Å². The Morgan fingerprint density at radius 2 is 2.13 bits per heavy atom. The first kappa shape index (κ1) is 16.0. The van der Waals surface area contributed by atoms with Gasteiger partial charge >= 0.3 is 0 Å². The Morgan fingerprint density at radius 3 is 2.96 bits per heavy atom. The van der Waals surface area contributed by atoms with E-state index in [1.54, 1.807) is 11.3 Å². The zero-order chi connectivity index (χ0) is 16.1. The molecule has 2 N–H and O–H groups in total. The molecule has 0 amide bonds. The third-order valence-electron chi connectivity index (χ3n) is 3.70. The molecule has 0 spiro atoms. The number of ether oxygens (including phenoxy) is 1. The first-order valence-electron chi connectivity index (χ1n) is 7.55. The van der Waals surface area contributed by atoms with Crippen molar-refractivity contribution in [3.05, 3.63) is 51.2 Å². The summed E-state index contributed by atoms with van der Waals surface area (Å²) >= 11 is 1.66. The third kappa shape index (κ3) is 4.12. The summed E-state index contributed by atoms with van der Waals surface area (Å²) in [4.78, 5) is 4.55. The van der Waals surface area contributed by atoms with Crippen LogP contribution in [0.25, 0.3) is 0 Å². The van der Waals surface area contributed by atoms with Crippen molar-refractivity contribution in [1.29, 1.82) is 0 Å². The maximum absolute atomic E-state index is 9.30. The van der Waals surface area contributed by atoms with Gasteiger partial charge < -0.3 is 14.9 Å². The predicted octanol–water partition coefficient (Wildman–Crippen LogP) is 1.98. The minimum atomic E-state index is -0.110. The maximum atomic E-state index is 9.30. The molecule has 0 aliphatic carbocycles. The van der Waals surface area contributed by atoms with Gasteiger partial charge in [-0.05, 0) is 29.8 Å². The van der Waals surface area contributed by atoms with Crippen molar-refractivity contribution in [1.82, 2.24) is 4.90 Å². The highest BCUT2D eigenvalue weighted by atomic mass is 32.1. The van der Waals surface area contributed by atoms with E-state index < -0.39 is 0 Å². The van der Waals surface area contributed by atoms with Crippen molar-refractivity contribution >= 4 is 11.3 Å². The van der Waals surface area contributed by atoms with E-state index in [-0.39, 0.29) is 13.2 Å². The number of nitrogens with zero attached hydrogens (tertiary/aromatic N) is 1. The highest BCUT2D eigenvalue weighted by molar-refractivity contribution is 7.12. The molecule has 5 heteroatoms. The van der Waals surface area contributed by atoms with Crippen LogP contribution in [0, 0.1) is 11.8 Å². The highest BCUT2D eigenvalue weighted by Crippen LogP contribution is 2.26. The molecule has 0 radical (unpaired) electrons. The average molecular weight is 329 g/mol. The van der Waals surface area contributed by atoms with Crippen LogP contribution in [0.15, 0.2) is 30.3 Å². The van der Waals surface area contributed by atoms with Gasteiger partial charge in [0.25, 0.3) is 0 Å². The molecule has 3 rings (SSSR count). The topological polar surface area (TPSA) is 52.9 Å². The zero-order valence-electron chi connectivity index (χ0n) is 12.8. The maximum Gasteiger partial charge on any atom is 0.123 e. The summed E-state index contributed by atoms with van der Waals surface area (Å²) in [7, 11) is 0. The van der Waals surface area contributed by atoms with Crippen LogP contribution >= 0.6 is 11.3 Å². The fraction of sp³-hybridized carbons (Fsp3) is 0.333. The van der Waals surface area contributed by atoms with E-state index in [2.05, 4.69) is 22.8 Å². The Morgan fingerprint density at radius 1 is 1.22 bits per heavy atom. The fourth-order valence-electron chi connectivity index (χ4n) is 2.61. The van der Waals surface area contributed by atoms with E-state index in [1.165, 1.54) is 4.88 Å². The second kappa shape index (κ2) is 7.62. The summed E-state index contributed by atoms with van der Waals surface area (Å²) < 4.78 is 5.80. The molecule has 120 valence electrons. The minimum Gasteiger partial charge on any atom is -0.492 e. The largest absolute Gasteiger partial charge is 0.492 e. The first-order chi connectivity index (χ1) is 11.3. The second-order valence-corrected chi connectivity index (χ2v) is 6.55. The molecule has 23 heavy (non-hydrogen) atoms. The van der Waals surface area contributed by atoms with Crippen LogP contribution in [0.3, 0.4) is 0 Å². The number of hydrogen-bond donors (Lipinski definition) is 2. The van der Waals surface area contributed by atoms with Crippen LogP contribution in [-0.4, -0.2) is 34.9 Å². The van der Waals surface area contributed by atoms with Gasteiger partial charge in [0.15, 0.2) is 0 Å². The normalized spacial score (nSPS) is 14.3. The molecular weight excluding hydrogens is 310 g/mol. The summed E-state index contributed by atoms with van der Waals surface area (Å²) in [5.74, 6) is 6.53. The monoisotopic (exact) mass is 329 g/mol. The number of thiophene rings is 1. The van der Waals surface area contributed by atoms with Crippen LogP contribution in [0.2, 0.25) is 0 Å². The van der Waals surface area contributed by atoms with Crippen molar-refractivity contribution in [2.24, 2.45) is 0 Å². The Kier molecular flexibility index (Phi) is 5.31. The minimum absolute atomic E-state index is 0.0467. The molecule has 1 aliphatic rings. The average Bonchev–Trinajstić information content (AvgIpc) is 2.91. The summed E-state index contributed by atoms with van der Waals surface area (Å²) in [5.41, 5.74) is 2.03. The lowest BCUT2D eigenvalue weighted by atomic mass is 10.1. The lowest BCUT2D eigenvalue weighted by Gasteiger charge is -2.18. The Hall–Kier alpha value is -1.84. The van der Waals surface area contributed by atoms with Gasteiger partial charge in [-0.15, -0.1) is 11.3 Å². The lowest BCUT2D eigenvalue weighted by Crippen LogP contribution is -2.24. The molecule has 1 aliphatic heterocycles. The molecule has 0 unspecified atom stereocenters. The summed E-state index contributed by atoms with van der Waals surface area (Å²) in [6, 6.07) is 9.94. The van der Waals surface area contributed by atoms with Gasteiger partial charge in [0.05, 0.1) is 11.5 Å². The molecule has 2 aromatic rings. The molecule has 1 aromatic carbocycles.